The van der Waals surface area contributed by atoms with Crippen molar-refractivity contribution in [1.82, 2.24) is 0 Å². The molecule has 0 aromatic carbocycles. The van der Waals surface area contributed by atoms with Crippen molar-refractivity contribution in [3.05, 3.63) is 23.0 Å². The number of rotatable bonds is 3. The molecular weight excluding hydrogens is 212 g/mol. The molecule has 0 atom stereocenters. The van der Waals surface area contributed by atoms with Crippen molar-refractivity contribution in [3.63, 3.8) is 0 Å². The van der Waals surface area contributed by atoms with Crippen molar-refractivity contribution in [1.29, 1.82) is 0 Å². The van der Waals surface area contributed by atoms with Crippen LogP contribution in [0.25, 0.3) is 0 Å². The third-order valence-corrected chi connectivity index (χ3v) is 3.78. The molecule has 0 unspecified atom stereocenters. The third kappa shape index (κ3) is 2.21. The number of hydrogen-bond acceptors (Lipinski definition) is 3. The smallest absolute Gasteiger partial charge is 0.0996 e. The van der Waals surface area contributed by atoms with E-state index in [4.69, 9.17) is 16.2 Å². The summed E-state index contributed by atoms with van der Waals surface area (Å²) in [6.07, 6.45) is 2.43. The fourth-order valence-corrected chi connectivity index (χ4v) is 3.00. The maximum Gasteiger partial charge on any atom is 0.0996 e. The minimum atomic E-state index is -0.303. The SMILES string of the molecule is C/C(=C/N)C1=C(N)CCOC1(C(C)C)C(C)C. The third-order valence-electron chi connectivity index (χ3n) is 3.78. The molecule has 3 heteroatoms. The fourth-order valence-electron chi connectivity index (χ4n) is 3.00. The van der Waals surface area contributed by atoms with Crippen LogP contribution in [0.1, 0.15) is 41.0 Å². The van der Waals surface area contributed by atoms with Crippen molar-refractivity contribution in [3.8, 4) is 0 Å². The Bertz CT molecular complexity index is 332. The molecule has 17 heavy (non-hydrogen) atoms. The van der Waals surface area contributed by atoms with Gasteiger partial charge in [0.15, 0.2) is 0 Å². The molecule has 0 saturated heterocycles. The lowest BCUT2D eigenvalue weighted by Gasteiger charge is -2.46. The molecule has 0 saturated carbocycles. The second kappa shape index (κ2) is 5.13. The molecule has 0 aromatic rings. The van der Waals surface area contributed by atoms with Crippen LogP contribution >= 0.6 is 0 Å². The zero-order valence-electron chi connectivity index (χ0n) is 11.7. The zero-order chi connectivity index (χ0) is 13.2. The summed E-state index contributed by atoms with van der Waals surface area (Å²) in [5, 5.41) is 0. The fraction of sp³-hybridized carbons (Fsp3) is 0.714. The summed E-state index contributed by atoms with van der Waals surface area (Å²) in [5.41, 5.74) is 14.7. The molecule has 0 bridgehead atoms. The van der Waals surface area contributed by atoms with E-state index in [1.54, 1.807) is 6.20 Å². The van der Waals surface area contributed by atoms with Crippen molar-refractivity contribution < 1.29 is 4.74 Å². The molecule has 0 amide bonds. The Balaban J connectivity index is 3.41. The molecule has 98 valence electrons. The van der Waals surface area contributed by atoms with Crippen molar-refractivity contribution in [2.24, 2.45) is 23.3 Å². The van der Waals surface area contributed by atoms with E-state index in [0.717, 1.165) is 23.3 Å². The van der Waals surface area contributed by atoms with E-state index in [2.05, 4.69) is 27.7 Å². The van der Waals surface area contributed by atoms with Crippen LogP contribution in [-0.2, 0) is 4.74 Å². The van der Waals surface area contributed by atoms with Crippen LogP contribution in [0.2, 0.25) is 0 Å². The molecule has 0 fully saturated rings. The molecule has 1 heterocycles. The first-order valence-electron chi connectivity index (χ1n) is 6.39. The summed E-state index contributed by atoms with van der Waals surface area (Å²) in [4.78, 5) is 0. The van der Waals surface area contributed by atoms with Gasteiger partial charge in [0.05, 0.1) is 12.2 Å². The van der Waals surface area contributed by atoms with Gasteiger partial charge in [0.25, 0.3) is 0 Å². The molecule has 1 rings (SSSR count). The molecule has 0 spiro atoms. The van der Waals surface area contributed by atoms with Crippen molar-refractivity contribution in [2.45, 2.75) is 46.6 Å². The van der Waals surface area contributed by atoms with Crippen LogP contribution in [0.3, 0.4) is 0 Å². The topological polar surface area (TPSA) is 61.3 Å². The Morgan fingerprint density at radius 1 is 1.29 bits per heavy atom. The summed E-state index contributed by atoms with van der Waals surface area (Å²) in [7, 11) is 0. The van der Waals surface area contributed by atoms with Gasteiger partial charge in [0.2, 0.25) is 0 Å². The van der Waals surface area contributed by atoms with E-state index in [0.29, 0.717) is 18.4 Å². The summed E-state index contributed by atoms with van der Waals surface area (Å²) in [6, 6.07) is 0. The quantitative estimate of drug-likeness (QED) is 0.794. The average molecular weight is 238 g/mol. The number of nitrogens with two attached hydrogens (primary N) is 2. The van der Waals surface area contributed by atoms with Gasteiger partial charge in [0.1, 0.15) is 0 Å². The van der Waals surface area contributed by atoms with Gasteiger partial charge in [0, 0.05) is 17.7 Å². The average Bonchev–Trinajstić information content (AvgIpc) is 2.26. The summed E-state index contributed by atoms with van der Waals surface area (Å²) in [5.74, 6) is 0.734. The van der Waals surface area contributed by atoms with Gasteiger partial charge >= 0.3 is 0 Å². The Morgan fingerprint density at radius 3 is 2.24 bits per heavy atom. The predicted octanol–water partition coefficient (Wildman–Crippen LogP) is 2.53. The molecule has 0 aliphatic carbocycles. The van der Waals surface area contributed by atoms with Crippen LogP contribution < -0.4 is 11.5 Å². The lowest BCUT2D eigenvalue weighted by atomic mass is 9.70. The van der Waals surface area contributed by atoms with Crippen LogP contribution in [0.4, 0.5) is 0 Å². The Kier molecular flexibility index (Phi) is 4.26. The minimum absolute atomic E-state index is 0.303. The lowest BCUT2D eigenvalue weighted by molar-refractivity contribution is -0.0882. The van der Waals surface area contributed by atoms with Gasteiger partial charge in [-0.25, -0.2) is 0 Å². The molecule has 0 aromatic heterocycles. The number of ether oxygens (including phenoxy) is 1. The summed E-state index contributed by atoms with van der Waals surface area (Å²) in [6.45, 7) is 11.4. The first-order chi connectivity index (χ1) is 7.87. The van der Waals surface area contributed by atoms with Gasteiger partial charge in [-0.3, -0.25) is 0 Å². The van der Waals surface area contributed by atoms with Crippen LogP contribution in [0.5, 0.6) is 0 Å². The van der Waals surface area contributed by atoms with E-state index in [-0.39, 0.29) is 5.60 Å². The van der Waals surface area contributed by atoms with E-state index in [1.807, 2.05) is 6.92 Å². The molecule has 4 N–H and O–H groups in total. The molecule has 3 nitrogen and oxygen atoms in total. The maximum atomic E-state index is 6.21. The Hall–Kier alpha value is -0.960. The highest BCUT2D eigenvalue weighted by Crippen LogP contribution is 2.44. The second-order valence-electron chi connectivity index (χ2n) is 5.45. The van der Waals surface area contributed by atoms with Crippen molar-refractivity contribution in [2.75, 3.05) is 6.61 Å². The van der Waals surface area contributed by atoms with Crippen LogP contribution in [0, 0.1) is 11.8 Å². The lowest BCUT2D eigenvalue weighted by Crippen LogP contribution is -2.49. The molecule has 1 aliphatic heterocycles. The minimum Gasteiger partial charge on any atom is -0.404 e. The highest BCUT2D eigenvalue weighted by molar-refractivity contribution is 5.42. The van der Waals surface area contributed by atoms with Gasteiger partial charge < -0.3 is 16.2 Å². The van der Waals surface area contributed by atoms with E-state index in [9.17, 15) is 0 Å². The Labute approximate surface area is 105 Å². The highest BCUT2D eigenvalue weighted by Gasteiger charge is 2.45. The summed E-state index contributed by atoms with van der Waals surface area (Å²) < 4.78 is 6.16. The first kappa shape index (κ1) is 14.1. The predicted molar refractivity (Wildman–Crippen MR) is 72.1 cm³/mol. The van der Waals surface area contributed by atoms with E-state index in [1.165, 1.54) is 0 Å². The zero-order valence-corrected chi connectivity index (χ0v) is 11.7. The molecular formula is C14H26N2O. The Morgan fingerprint density at radius 2 is 1.82 bits per heavy atom. The van der Waals surface area contributed by atoms with Gasteiger partial charge in [-0.05, 0) is 30.5 Å². The van der Waals surface area contributed by atoms with Gasteiger partial charge in [-0.15, -0.1) is 0 Å². The summed E-state index contributed by atoms with van der Waals surface area (Å²) >= 11 is 0. The monoisotopic (exact) mass is 238 g/mol. The van der Waals surface area contributed by atoms with E-state index < -0.39 is 0 Å². The standard InChI is InChI=1S/C14H26N2O/c1-9(2)14(10(3)4)13(11(5)8-15)12(16)6-7-17-14/h8-10H,6-7,15-16H2,1-5H3/b11-8-. The second-order valence-corrected chi connectivity index (χ2v) is 5.45. The number of hydrogen-bond donors (Lipinski definition) is 2. The maximum absolute atomic E-state index is 6.21. The van der Waals surface area contributed by atoms with Crippen molar-refractivity contribution >= 4 is 0 Å². The molecule has 1 aliphatic rings. The first-order valence-corrected chi connectivity index (χ1v) is 6.39. The van der Waals surface area contributed by atoms with Gasteiger partial charge in [-0.1, -0.05) is 27.7 Å². The van der Waals surface area contributed by atoms with E-state index >= 15 is 0 Å². The highest BCUT2D eigenvalue weighted by atomic mass is 16.5. The molecule has 0 radical (unpaired) electrons. The van der Waals surface area contributed by atoms with Gasteiger partial charge in [-0.2, -0.15) is 0 Å². The van der Waals surface area contributed by atoms with Crippen LogP contribution in [-0.4, -0.2) is 12.2 Å². The normalized spacial score (nSPS) is 21.5. The van der Waals surface area contributed by atoms with Crippen LogP contribution in [0.15, 0.2) is 23.0 Å². The largest absolute Gasteiger partial charge is 0.404 e.